The van der Waals surface area contributed by atoms with Crippen molar-refractivity contribution in [3.63, 3.8) is 0 Å². The minimum atomic E-state index is -0.388. The second-order valence-corrected chi connectivity index (χ2v) is 4.71. The second-order valence-electron chi connectivity index (χ2n) is 4.30. The number of nitrogens with two attached hydrogens (primary N) is 1. The monoisotopic (exact) mass is 329 g/mol. The van der Waals surface area contributed by atoms with Crippen molar-refractivity contribution in [2.75, 3.05) is 26.8 Å². The lowest BCUT2D eigenvalue weighted by Crippen LogP contribution is -2.39. The molecule has 22 heavy (non-hydrogen) atoms. The Labute approximate surface area is 134 Å². The summed E-state index contributed by atoms with van der Waals surface area (Å²) in [4.78, 5) is 22.5. The molecule has 0 atom stereocenters. The standard InChI is InChI=1S/C14H20ClN3O4/c1-3-22-14-10(15)4-9(5-11(14)21-2)7-17-13(20)8-18-12(19)6-16/h4-5H,3,6-8,16H2,1-2H3,(H,17,20)(H,18,19). The number of carbonyl (C=O) groups is 2. The molecular formula is C14H20ClN3O4. The molecule has 0 bridgehead atoms. The van der Waals surface area contributed by atoms with Gasteiger partial charge in [0.15, 0.2) is 11.5 Å². The molecule has 1 aromatic rings. The fraction of sp³-hybridized carbons (Fsp3) is 0.429. The maximum Gasteiger partial charge on any atom is 0.239 e. The lowest BCUT2D eigenvalue weighted by Gasteiger charge is -2.13. The van der Waals surface area contributed by atoms with Crippen molar-refractivity contribution in [1.29, 1.82) is 0 Å². The minimum absolute atomic E-state index is 0.127. The highest BCUT2D eigenvalue weighted by Crippen LogP contribution is 2.36. The summed E-state index contributed by atoms with van der Waals surface area (Å²) in [6.45, 7) is 2.28. The molecule has 2 amide bonds. The summed E-state index contributed by atoms with van der Waals surface area (Å²) in [5, 5.41) is 5.44. The smallest absolute Gasteiger partial charge is 0.239 e. The van der Waals surface area contributed by atoms with Crippen molar-refractivity contribution >= 4 is 23.4 Å². The molecule has 0 fully saturated rings. The second kappa shape index (κ2) is 9.11. The molecule has 8 heteroatoms. The summed E-state index contributed by atoms with van der Waals surface area (Å²) in [5.41, 5.74) is 5.88. The van der Waals surface area contributed by atoms with Gasteiger partial charge in [-0.3, -0.25) is 9.59 Å². The number of methoxy groups -OCH3 is 1. The van der Waals surface area contributed by atoms with Gasteiger partial charge < -0.3 is 25.8 Å². The summed E-state index contributed by atoms with van der Waals surface area (Å²) >= 11 is 6.14. The van der Waals surface area contributed by atoms with Crippen LogP contribution in [0.25, 0.3) is 0 Å². The zero-order valence-corrected chi connectivity index (χ0v) is 13.3. The van der Waals surface area contributed by atoms with Gasteiger partial charge in [-0.05, 0) is 24.6 Å². The van der Waals surface area contributed by atoms with E-state index in [0.717, 1.165) is 5.56 Å². The molecule has 0 saturated carbocycles. The van der Waals surface area contributed by atoms with Crippen molar-refractivity contribution < 1.29 is 19.1 Å². The largest absolute Gasteiger partial charge is 0.493 e. The van der Waals surface area contributed by atoms with E-state index in [1.807, 2.05) is 6.92 Å². The number of rotatable bonds is 8. The van der Waals surface area contributed by atoms with E-state index in [9.17, 15) is 9.59 Å². The molecular weight excluding hydrogens is 310 g/mol. The highest BCUT2D eigenvalue weighted by atomic mass is 35.5. The maximum absolute atomic E-state index is 11.6. The van der Waals surface area contributed by atoms with Crippen molar-refractivity contribution in [3.8, 4) is 11.5 Å². The zero-order chi connectivity index (χ0) is 16.5. The normalized spacial score (nSPS) is 10.0. The van der Waals surface area contributed by atoms with Crippen LogP contribution < -0.4 is 25.8 Å². The van der Waals surface area contributed by atoms with Gasteiger partial charge in [-0.2, -0.15) is 0 Å². The van der Waals surface area contributed by atoms with Crippen LogP contribution in [0.4, 0.5) is 0 Å². The summed E-state index contributed by atoms with van der Waals surface area (Å²) in [7, 11) is 1.51. The molecule has 0 aliphatic carbocycles. The molecule has 1 rings (SSSR count). The molecule has 0 unspecified atom stereocenters. The first-order valence-electron chi connectivity index (χ1n) is 6.74. The van der Waals surface area contributed by atoms with Crippen LogP contribution in [0.2, 0.25) is 5.02 Å². The topological polar surface area (TPSA) is 103 Å². The van der Waals surface area contributed by atoms with Gasteiger partial charge in [-0.1, -0.05) is 11.6 Å². The van der Waals surface area contributed by atoms with E-state index < -0.39 is 0 Å². The van der Waals surface area contributed by atoms with Gasteiger partial charge in [0.25, 0.3) is 0 Å². The van der Waals surface area contributed by atoms with Gasteiger partial charge in [0.2, 0.25) is 11.8 Å². The quantitative estimate of drug-likeness (QED) is 0.642. The summed E-state index contributed by atoms with van der Waals surface area (Å²) in [5.74, 6) is 0.249. The molecule has 0 aliphatic rings. The summed E-state index contributed by atoms with van der Waals surface area (Å²) < 4.78 is 10.6. The average molecular weight is 330 g/mol. The summed E-state index contributed by atoms with van der Waals surface area (Å²) in [6.07, 6.45) is 0. The Hall–Kier alpha value is -1.99. The number of halogens is 1. The lowest BCUT2D eigenvalue weighted by atomic mass is 10.2. The molecule has 0 spiro atoms. The van der Waals surface area contributed by atoms with Crippen LogP contribution in [-0.4, -0.2) is 38.6 Å². The SMILES string of the molecule is CCOc1c(Cl)cc(CNC(=O)CNC(=O)CN)cc1OC. The third-order valence-corrected chi connectivity index (χ3v) is 2.98. The summed E-state index contributed by atoms with van der Waals surface area (Å²) in [6, 6.07) is 3.42. The first kappa shape index (κ1) is 18.1. The maximum atomic E-state index is 11.6. The molecule has 1 aromatic carbocycles. The van der Waals surface area contributed by atoms with Crippen LogP contribution in [0, 0.1) is 0 Å². The van der Waals surface area contributed by atoms with E-state index in [1.54, 1.807) is 12.1 Å². The number of hydrogen-bond donors (Lipinski definition) is 3. The fourth-order valence-corrected chi connectivity index (χ4v) is 1.96. The number of benzene rings is 1. The Morgan fingerprint density at radius 1 is 1.27 bits per heavy atom. The Morgan fingerprint density at radius 2 is 2.00 bits per heavy atom. The zero-order valence-electron chi connectivity index (χ0n) is 12.6. The van der Waals surface area contributed by atoms with Gasteiger partial charge in [0.05, 0.1) is 31.8 Å². The molecule has 0 aromatic heterocycles. The number of carbonyl (C=O) groups excluding carboxylic acids is 2. The van der Waals surface area contributed by atoms with Crippen LogP contribution in [0.15, 0.2) is 12.1 Å². The first-order chi connectivity index (χ1) is 10.5. The number of hydrogen-bond acceptors (Lipinski definition) is 5. The van der Waals surface area contributed by atoms with E-state index in [1.165, 1.54) is 7.11 Å². The van der Waals surface area contributed by atoms with Gasteiger partial charge in [0, 0.05) is 6.54 Å². The van der Waals surface area contributed by atoms with Crippen LogP contribution in [0.5, 0.6) is 11.5 Å². The predicted molar refractivity (Wildman–Crippen MR) is 83.1 cm³/mol. The first-order valence-corrected chi connectivity index (χ1v) is 7.12. The van der Waals surface area contributed by atoms with Crippen molar-refractivity contribution in [1.82, 2.24) is 10.6 Å². The molecule has 4 N–H and O–H groups in total. The Morgan fingerprint density at radius 3 is 2.59 bits per heavy atom. The van der Waals surface area contributed by atoms with E-state index in [0.29, 0.717) is 23.1 Å². The van der Waals surface area contributed by atoms with Crippen LogP contribution in [-0.2, 0) is 16.1 Å². The molecule has 7 nitrogen and oxygen atoms in total. The van der Waals surface area contributed by atoms with E-state index in [-0.39, 0.29) is 31.4 Å². The van der Waals surface area contributed by atoms with Gasteiger partial charge in [-0.25, -0.2) is 0 Å². The number of amides is 2. The predicted octanol–water partition coefficient (Wildman–Crippen LogP) is 0.438. The van der Waals surface area contributed by atoms with Crippen LogP contribution >= 0.6 is 11.6 Å². The molecule has 0 saturated heterocycles. The average Bonchev–Trinajstić information content (AvgIpc) is 2.52. The van der Waals surface area contributed by atoms with Crippen molar-refractivity contribution in [3.05, 3.63) is 22.7 Å². The highest BCUT2D eigenvalue weighted by molar-refractivity contribution is 6.32. The highest BCUT2D eigenvalue weighted by Gasteiger charge is 2.12. The van der Waals surface area contributed by atoms with Gasteiger partial charge >= 0.3 is 0 Å². The van der Waals surface area contributed by atoms with E-state index in [2.05, 4.69) is 10.6 Å². The fourth-order valence-electron chi connectivity index (χ4n) is 1.67. The minimum Gasteiger partial charge on any atom is -0.493 e. The lowest BCUT2D eigenvalue weighted by molar-refractivity contribution is -0.125. The molecule has 0 aliphatic heterocycles. The third-order valence-electron chi connectivity index (χ3n) is 2.70. The molecule has 0 heterocycles. The molecule has 122 valence electrons. The van der Waals surface area contributed by atoms with Gasteiger partial charge in [0.1, 0.15) is 0 Å². The van der Waals surface area contributed by atoms with Crippen molar-refractivity contribution in [2.45, 2.75) is 13.5 Å². The Balaban J connectivity index is 2.64. The van der Waals surface area contributed by atoms with Crippen LogP contribution in [0.1, 0.15) is 12.5 Å². The third kappa shape index (κ3) is 5.42. The van der Waals surface area contributed by atoms with Gasteiger partial charge in [-0.15, -0.1) is 0 Å². The Kier molecular flexibility index (Phi) is 7.48. The molecule has 0 radical (unpaired) electrons. The number of ether oxygens (including phenoxy) is 2. The van der Waals surface area contributed by atoms with Crippen molar-refractivity contribution in [2.24, 2.45) is 5.73 Å². The Bertz CT molecular complexity index is 537. The van der Waals surface area contributed by atoms with Crippen LogP contribution in [0.3, 0.4) is 0 Å². The number of nitrogens with one attached hydrogen (secondary N) is 2. The van der Waals surface area contributed by atoms with E-state index in [4.69, 9.17) is 26.8 Å². The van der Waals surface area contributed by atoms with E-state index >= 15 is 0 Å².